The van der Waals surface area contributed by atoms with E-state index in [1.807, 2.05) is 22.8 Å². The van der Waals surface area contributed by atoms with Crippen LogP contribution in [-0.4, -0.2) is 32.6 Å². The summed E-state index contributed by atoms with van der Waals surface area (Å²) in [5.74, 6) is 1.12. The number of aromatic amines is 1. The minimum absolute atomic E-state index is 0.141. The van der Waals surface area contributed by atoms with E-state index in [0.717, 1.165) is 61.2 Å². The zero-order chi connectivity index (χ0) is 28.5. The van der Waals surface area contributed by atoms with Gasteiger partial charge in [-0.3, -0.25) is 4.90 Å². The maximum atomic E-state index is 13.8. The highest BCUT2D eigenvalue weighted by Gasteiger charge is 2.34. The molecule has 0 unspecified atom stereocenters. The Morgan fingerprint density at radius 3 is 2.66 bits per heavy atom. The molecule has 0 fully saturated rings. The second kappa shape index (κ2) is 9.67. The molecule has 4 heterocycles. The summed E-state index contributed by atoms with van der Waals surface area (Å²) in [6, 6.07) is 16.2. The van der Waals surface area contributed by atoms with Crippen LogP contribution < -0.4 is 4.74 Å². The number of hydrogen-bond acceptors (Lipinski definition) is 3. The largest absolute Gasteiger partial charge is 0.491 e. The van der Waals surface area contributed by atoms with Gasteiger partial charge in [-0.05, 0) is 47.9 Å². The monoisotopic (exact) mass is 576 g/mol. The molecular weight excluding hydrogens is 549 g/mol. The number of ether oxygens (including phenoxy) is 1. The lowest BCUT2D eigenvalue weighted by Crippen LogP contribution is -2.30. The van der Waals surface area contributed by atoms with Gasteiger partial charge in [-0.15, -0.1) is 0 Å². The minimum atomic E-state index is -4.45. The van der Waals surface area contributed by atoms with Crippen LogP contribution in [0, 0.1) is 5.92 Å². The van der Waals surface area contributed by atoms with Crippen molar-refractivity contribution in [3.63, 3.8) is 0 Å². The second-order valence-electron chi connectivity index (χ2n) is 11.2. The molecule has 9 heteroatoms. The first-order valence-electron chi connectivity index (χ1n) is 13.7. The molecule has 6 aromatic rings. The van der Waals surface area contributed by atoms with Crippen LogP contribution in [0.1, 0.15) is 36.2 Å². The molecule has 0 aliphatic carbocycles. The Morgan fingerprint density at radius 2 is 1.85 bits per heavy atom. The van der Waals surface area contributed by atoms with Crippen LogP contribution in [0.15, 0.2) is 60.8 Å². The third-order valence-corrected chi connectivity index (χ3v) is 8.16. The molecule has 0 radical (unpaired) electrons. The van der Waals surface area contributed by atoms with Gasteiger partial charge >= 0.3 is 6.18 Å². The molecule has 3 aromatic heterocycles. The maximum Gasteiger partial charge on any atom is 0.416 e. The van der Waals surface area contributed by atoms with Gasteiger partial charge in [0.25, 0.3) is 0 Å². The number of nitrogens with zero attached hydrogens (tertiary/aromatic N) is 3. The van der Waals surface area contributed by atoms with Gasteiger partial charge < -0.3 is 9.72 Å². The van der Waals surface area contributed by atoms with Crippen molar-refractivity contribution in [2.45, 2.75) is 39.5 Å². The van der Waals surface area contributed by atoms with E-state index in [4.69, 9.17) is 21.4 Å². The molecular formula is C32H28ClF3N4O. The third kappa shape index (κ3) is 4.41. The lowest BCUT2D eigenvalue weighted by atomic mass is 9.97. The SMILES string of the molecule is CC(C)COc1cccc2c3c4cc[nH]c4ccc3c3c4c(nn3c12)CCN(Cc1cc(Cl)ccc1C(F)(F)F)C4. The van der Waals surface area contributed by atoms with Crippen molar-refractivity contribution in [1.29, 1.82) is 0 Å². The molecule has 0 spiro atoms. The second-order valence-corrected chi connectivity index (χ2v) is 11.7. The molecule has 0 saturated heterocycles. The lowest BCUT2D eigenvalue weighted by molar-refractivity contribution is -0.138. The molecule has 41 heavy (non-hydrogen) atoms. The highest BCUT2D eigenvalue weighted by molar-refractivity contribution is 6.30. The summed E-state index contributed by atoms with van der Waals surface area (Å²) in [5.41, 5.74) is 4.44. The molecule has 0 atom stereocenters. The van der Waals surface area contributed by atoms with E-state index in [1.165, 1.54) is 12.1 Å². The Balaban J connectivity index is 1.43. The fourth-order valence-corrected chi connectivity index (χ4v) is 6.34. The fraction of sp³-hybridized carbons (Fsp3) is 0.281. The van der Waals surface area contributed by atoms with Crippen LogP contribution in [0.3, 0.4) is 0 Å². The molecule has 210 valence electrons. The van der Waals surface area contributed by atoms with Crippen LogP contribution in [0.4, 0.5) is 13.2 Å². The molecule has 1 N–H and O–H groups in total. The average Bonchev–Trinajstić information content (AvgIpc) is 3.55. The summed E-state index contributed by atoms with van der Waals surface area (Å²) >= 11 is 6.13. The number of fused-ring (bicyclic) bond motifs is 10. The van der Waals surface area contributed by atoms with Gasteiger partial charge in [0.2, 0.25) is 0 Å². The number of pyridine rings is 1. The summed E-state index contributed by atoms with van der Waals surface area (Å²) in [7, 11) is 0. The van der Waals surface area contributed by atoms with Gasteiger partial charge in [0.15, 0.2) is 0 Å². The zero-order valence-corrected chi connectivity index (χ0v) is 23.4. The number of alkyl halides is 3. The van der Waals surface area contributed by atoms with E-state index in [9.17, 15) is 13.2 Å². The quantitative estimate of drug-likeness (QED) is 0.210. The number of para-hydroxylation sites is 1. The van der Waals surface area contributed by atoms with E-state index in [2.05, 4.69) is 48.0 Å². The van der Waals surface area contributed by atoms with E-state index >= 15 is 0 Å². The number of rotatable bonds is 5. The summed E-state index contributed by atoms with van der Waals surface area (Å²) in [6.07, 6.45) is -1.88. The van der Waals surface area contributed by atoms with Crippen molar-refractivity contribution >= 4 is 49.7 Å². The molecule has 0 bridgehead atoms. The normalized spacial score (nSPS) is 14.6. The molecule has 5 nitrogen and oxygen atoms in total. The third-order valence-electron chi connectivity index (χ3n) is 7.92. The number of halogens is 4. The van der Waals surface area contributed by atoms with Gasteiger partial charge in [0, 0.05) is 69.9 Å². The summed E-state index contributed by atoms with van der Waals surface area (Å²) in [6.45, 7) is 6.01. The lowest BCUT2D eigenvalue weighted by Gasteiger charge is -2.27. The van der Waals surface area contributed by atoms with Crippen molar-refractivity contribution in [3.05, 3.63) is 88.2 Å². The Labute approximate surface area is 239 Å². The van der Waals surface area contributed by atoms with Crippen molar-refractivity contribution in [1.82, 2.24) is 19.5 Å². The Kier molecular flexibility index (Phi) is 6.17. The number of nitrogens with one attached hydrogen (secondary N) is 1. The summed E-state index contributed by atoms with van der Waals surface area (Å²) in [5, 5.41) is 9.71. The zero-order valence-electron chi connectivity index (χ0n) is 22.6. The van der Waals surface area contributed by atoms with E-state index in [-0.39, 0.29) is 12.1 Å². The first-order chi connectivity index (χ1) is 19.7. The summed E-state index contributed by atoms with van der Waals surface area (Å²) in [4.78, 5) is 5.38. The van der Waals surface area contributed by atoms with Gasteiger partial charge in [-0.1, -0.05) is 43.6 Å². The van der Waals surface area contributed by atoms with Gasteiger partial charge in [-0.25, -0.2) is 4.52 Å². The standard InChI is InChI=1S/C32H28ClF3N4O/c1-18(2)17-41-28-5-3-4-22-29-21-10-12-37-26(21)9-7-23(29)30-24-16-39(13-11-27(24)38-40(30)31(22)28)15-19-14-20(33)6-8-25(19)32(34,35)36/h3-10,12,14,18,37H,11,13,15-17H2,1-2H3. The molecule has 0 amide bonds. The predicted octanol–water partition coefficient (Wildman–Crippen LogP) is 8.39. The summed E-state index contributed by atoms with van der Waals surface area (Å²) < 4.78 is 49.8. The Morgan fingerprint density at radius 1 is 1.02 bits per heavy atom. The molecule has 1 aliphatic rings. The smallest absolute Gasteiger partial charge is 0.416 e. The van der Waals surface area contributed by atoms with E-state index < -0.39 is 11.7 Å². The number of H-pyrrole nitrogens is 1. The predicted molar refractivity (Wildman–Crippen MR) is 157 cm³/mol. The topological polar surface area (TPSA) is 45.6 Å². The van der Waals surface area contributed by atoms with E-state index in [1.54, 1.807) is 0 Å². The first kappa shape index (κ1) is 26.2. The van der Waals surface area contributed by atoms with Crippen LogP contribution in [-0.2, 0) is 25.7 Å². The average molecular weight is 577 g/mol. The number of hydrogen-bond donors (Lipinski definition) is 1. The highest BCUT2D eigenvalue weighted by Crippen LogP contribution is 2.41. The van der Waals surface area contributed by atoms with Crippen molar-refractivity contribution in [2.24, 2.45) is 5.92 Å². The maximum absolute atomic E-state index is 13.8. The van der Waals surface area contributed by atoms with Crippen molar-refractivity contribution in [2.75, 3.05) is 13.2 Å². The minimum Gasteiger partial charge on any atom is -0.491 e. The van der Waals surface area contributed by atoms with Crippen LogP contribution in [0.2, 0.25) is 5.02 Å². The van der Waals surface area contributed by atoms with Gasteiger partial charge in [0.05, 0.1) is 23.4 Å². The Hall–Kier alpha value is -3.75. The van der Waals surface area contributed by atoms with Crippen LogP contribution >= 0.6 is 11.6 Å². The highest BCUT2D eigenvalue weighted by atomic mass is 35.5. The van der Waals surface area contributed by atoms with E-state index in [0.29, 0.717) is 37.1 Å². The number of benzene rings is 3. The fourth-order valence-electron chi connectivity index (χ4n) is 6.15. The Bertz CT molecular complexity index is 1960. The van der Waals surface area contributed by atoms with Gasteiger partial charge in [-0.2, -0.15) is 18.3 Å². The van der Waals surface area contributed by atoms with Crippen LogP contribution in [0.25, 0.3) is 38.1 Å². The van der Waals surface area contributed by atoms with Crippen LogP contribution in [0.5, 0.6) is 5.75 Å². The van der Waals surface area contributed by atoms with Gasteiger partial charge in [0.1, 0.15) is 11.3 Å². The van der Waals surface area contributed by atoms with Crippen molar-refractivity contribution in [3.8, 4) is 5.75 Å². The molecule has 7 rings (SSSR count). The molecule has 1 aliphatic heterocycles. The van der Waals surface area contributed by atoms with Crippen molar-refractivity contribution < 1.29 is 17.9 Å². The molecule has 3 aromatic carbocycles. The first-order valence-corrected chi connectivity index (χ1v) is 14.1. The molecule has 0 saturated carbocycles. The number of aromatic nitrogens is 3.